The maximum atomic E-state index is 14.4. The van der Waals surface area contributed by atoms with Crippen LogP contribution >= 0.6 is 0 Å². The molecule has 0 aromatic heterocycles. The average Bonchev–Trinajstić information content (AvgIpc) is 2.91. The predicted molar refractivity (Wildman–Crippen MR) is 142 cm³/mol. The second-order valence-corrected chi connectivity index (χ2v) is 8.96. The lowest BCUT2D eigenvalue weighted by Crippen LogP contribution is -2.36. The van der Waals surface area contributed by atoms with E-state index in [0.29, 0.717) is 23.4 Å². The van der Waals surface area contributed by atoms with Gasteiger partial charge in [0.2, 0.25) is 0 Å². The zero-order chi connectivity index (χ0) is 30.9. The van der Waals surface area contributed by atoms with Crippen molar-refractivity contribution in [2.45, 2.75) is 31.4 Å². The Morgan fingerprint density at radius 3 is 2.19 bits per heavy atom. The lowest BCUT2D eigenvalue weighted by Gasteiger charge is -2.19. The Labute approximate surface area is 236 Å². The highest BCUT2D eigenvalue weighted by Crippen LogP contribution is 2.38. The van der Waals surface area contributed by atoms with Crippen molar-refractivity contribution in [2.75, 3.05) is 24.7 Å². The Morgan fingerprint density at radius 1 is 0.857 bits per heavy atom. The molecular formula is C29H26F6N2O5. The molecule has 0 amide bonds. The zero-order valence-electron chi connectivity index (χ0n) is 21.9. The van der Waals surface area contributed by atoms with Gasteiger partial charge in [-0.25, -0.2) is 14.0 Å². The number of carbonyl (C=O) groups is 2. The number of nitrogen functional groups attached to an aromatic ring is 2. The van der Waals surface area contributed by atoms with E-state index in [1.54, 1.807) is 18.2 Å². The first-order valence-corrected chi connectivity index (χ1v) is 12.4. The van der Waals surface area contributed by atoms with Crippen LogP contribution in [0.15, 0.2) is 66.7 Å². The fraction of sp³-hybridized carbons (Fsp3) is 0.241. The molecule has 3 rings (SSSR count). The van der Waals surface area contributed by atoms with Crippen LogP contribution in [0.1, 0.15) is 34.3 Å². The molecule has 0 spiro atoms. The number of hydrogen-bond donors (Lipinski definition) is 2. The zero-order valence-corrected chi connectivity index (χ0v) is 21.9. The summed E-state index contributed by atoms with van der Waals surface area (Å²) in [6.45, 7) is -0.414. The van der Waals surface area contributed by atoms with Crippen molar-refractivity contribution in [3.8, 4) is 11.5 Å². The van der Waals surface area contributed by atoms with Gasteiger partial charge in [-0.15, -0.1) is 0 Å². The van der Waals surface area contributed by atoms with Gasteiger partial charge in [0.25, 0.3) is 0 Å². The van der Waals surface area contributed by atoms with Gasteiger partial charge in [-0.3, -0.25) is 0 Å². The minimum Gasteiger partial charge on any atom is -0.493 e. The Morgan fingerprint density at radius 2 is 1.55 bits per heavy atom. The summed E-state index contributed by atoms with van der Waals surface area (Å²) in [5, 5.41) is 0. The molecule has 0 unspecified atom stereocenters. The third-order valence-electron chi connectivity index (χ3n) is 5.77. The Hall–Kier alpha value is -4.68. The highest BCUT2D eigenvalue weighted by Gasteiger charge is 2.56. The van der Waals surface area contributed by atoms with Gasteiger partial charge in [0.05, 0.1) is 18.8 Å². The van der Waals surface area contributed by atoms with Crippen molar-refractivity contribution in [3.05, 3.63) is 89.2 Å². The van der Waals surface area contributed by atoms with E-state index in [2.05, 4.69) is 0 Å². The average molecular weight is 597 g/mol. The lowest BCUT2D eigenvalue weighted by atomic mass is 10.1. The van der Waals surface area contributed by atoms with E-state index in [4.69, 9.17) is 25.7 Å². The van der Waals surface area contributed by atoms with Crippen LogP contribution < -0.4 is 20.9 Å². The second kappa shape index (κ2) is 13.8. The summed E-state index contributed by atoms with van der Waals surface area (Å²) in [5.41, 5.74) is 13.5. The number of anilines is 2. The predicted octanol–water partition coefficient (Wildman–Crippen LogP) is 6.37. The van der Waals surface area contributed by atoms with Crippen molar-refractivity contribution in [1.29, 1.82) is 0 Å². The number of ether oxygens (including phenoxy) is 3. The minimum absolute atomic E-state index is 0.0751. The summed E-state index contributed by atoms with van der Waals surface area (Å²) in [4.78, 5) is 24.3. The molecule has 224 valence electrons. The van der Waals surface area contributed by atoms with Crippen LogP contribution in [0.25, 0.3) is 6.08 Å². The summed E-state index contributed by atoms with van der Waals surface area (Å²) >= 11 is 0. The smallest absolute Gasteiger partial charge is 0.453 e. The minimum atomic E-state index is -5.66. The molecular weight excluding hydrogens is 570 g/mol. The standard InChI is InChI=1S/C29H26F6N2O5/c30-24-17-22(40-14-1-13-28(31,32)29(33,34)35)9-10-23(24)27(39)42-21-7-2-18(3-8-21)4-11-26(38)41-15-12-19-5-6-20(36)16-25(19)37/h2-11,16-17H,1,12-15,36-37H2. The van der Waals surface area contributed by atoms with E-state index in [-0.39, 0.29) is 18.1 Å². The number of hydrogen-bond acceptors (Lipinski definition) is 7. The van der Waals surface area contributed by atoms with Gasteiger partial charge >= 0.3 is 24.0 Å². The van der Waals surface area contributed by atoms with Crippen molar-refractivity contribution >= 4 is 29.4 Å². The molecule has 4 N–H and O–H groups in total. The first-order chi connectivity index (χ1) is 19.7. The molecule has 3 aromatic carbocycles. The molecule has 0 saturated heterocycles. The molecule has 0 heterocycles. The number of nitrogens with two attached hydrogens (primary N) is 2. The molecule has 0 saturated carbocycles. The van der Waals surface area contributed by atoms with Gasteiger partial charge in [0.1, 0.15) is 17.3 Å². The van der Waals surface area contributed by atoms with Crippen LogP contribution in [0, 0.1) is 5.82 Å². The van der Waals surface area contributed by atoms with Gasteiger partial charge in [-0.1, -0.05) is 18.2 Å². The van der Waals surface area contributed by atoms with Gasteiger partial charge < -0.3 is 25.7 Å². The number of esters is 2. The Kier molecular flexibility index (Phi) is 10.5. The van der Waals surface area contributed by atoms with Crippen LogP contribution in [0.3, 0.4) is 0 Å². The van der Waals surface area contributed by atoms with Gasteiger partial charge in [-0.05, 0) is 60.0 Å². The maximum Gasteiger partial charge on any atom is 0.453 e. The number of rotatable bonds is 12. The van der Waals surface area contributed by atoms with Crippen LogP contribution in [-0.2, 0) is 16.0 Å². The highest BCUT2D eigenvalue weighted by atomic mass is 19.4. The van der Waals surface area contributed by atoms with Crippen LogP contribution in [-0.4, -0.2) is 37.3 Å². The SMILES string of the molecule is Nc1ccc(CCOC(=O)C=Cc2ccc(OC(=O)c3ccc(OCCCC(F)(F)C(F)(F)F)cc3F)cc2)c(N)c1. The van der Waals surface area contributed by atoms with Crippen LogP contribution in [0.2, 0.25) is 0 Å². The van der Waals surface area contributed by atoms with Crippen molar-refractivity contribution < 1.29 is 50.1 Å². The van der Waals surface area contributed by atoms with E-state index in [1.165, 1.54) is 36.4 Å². The lowest BCUT2D eigenvalue weighted by molar-refractivity contribution is -0.284. The first kappa shape index (κ1) is 31.8. The fourth-order valence-electron chi connectivity index (χ4n) is 3.50. The Bertz CT molecular complexity index is 1430. The quantitative estimate of drug-likeness (QED) is 0.0624. The van der Waals surface area contributed by atoms with E-state index >= 15 is 0 Å². The molecule has 0 fully saturated rings. The molecule has 13 heteroatoms. The number of alkyl halides is 5. The largest absolute Gasteiger partial charge is 0.493 e. The summed E-state index contributed by atoms with van der Waals surface area (Å²) in [6, 6.07) is 13.9. The summed E-state index contributed by atoms with van der Waals surface area (Å²) in [5.74, 6) is -7.62. The molecule has 0 radical (unpaired) electrons. The maximum absolute atomic E-state index is 14.4. The fourth-order valence-corrected chi connectivity index (χ4v) is 3.50. The monoisotopic (exact) mass is 596 g/mol. The molecule has 0 bridgehead atoms. The molecule has 0 atom stereocenters. The number of benzene rings is 3. The van der Waals surface area contributed by atoms with Crippen molar-refractivity contribution in [3.63, 3.8) is 0 Å². The first-order valence-electron chi connectivity index (χ1n) is 12.4. The van der Waals surface area contributed by atoms with E-state index in [0.717, 1.165) is 23.8 Å². The molecule has 0 aliphatic carbocycles. The Balaban J connectivity index is 1.45. The van der Waals surface area contributed by atoms with Crippen LogP contribution in [0.5, 0.6) is 11.5 Å². The van der Waals surface area contributed by atoms with E-state index in [1.807, 2.05) is 0 Å². The van der Waals surface area contributed by atoms with Gasteiger partial charge in [0.15, 0.2) is 0 Å². The molecule has 42 heavy (non-hydrogen) atoms. The third-order valence-corrected chi connectivity index (χ3v) is 5.77. The molecule has 7 nitrogen and oxygen atoms in total. The molecule has 0 aliphatic heterocycles. The summed E-state index contributed by atoms with van der Waals surface area (Å²) < 4.78 is 92.1. The molecule has 3 aromatic rings. The molecule has 0 aliphatic rings. The highest BCUT2D eigenvalue weighted by molar-refractivity contribution is 5.91. The van der Waals surface area contributed by atoms with E-state index in [9.17, 15) is 35.9 Å². The summed E-state index contributed by atoms with van der Waals surface area (Å²) in [7, 11) is 0. The van der Waals surface area contributed by atoms with Gasteiger partial charge in [0, 0.05) is 36.4 Å². The van der Waals surface area contributed by atoms with Crippen molar-refractivity contribution in [1.82, 2.24) is 0 Å². The number of carbonyl (C=O) groups excluding carboxylic acids is 2. The summed E-state index contributed by atoms with van der Waals surface area (Å²) in [6.07, 6.45) is -4.67. The van der Waals surface area contributed by atoms with Crippen LogP contribution in [0.4, 0.5) is 37.7 Å². The second-order valence-electron chi connectivity index (χ2n) is 8.96. The van der Waals surface area contributed by atoms with Gasteiger partial charge in [-0.2, -0.15) is 22.0 Å². The topological polar surface area (TPSA) is 114 Å². The normalized spacial score (nSPS) is 11.9. The van der Waals surface area contributed by atoms with Crippen molar-refractivity contribution in [2.24, 2.45) is 0 Å². The van der Waals surface area contributed by atoms with E-state index < -0.39 is 54.9 Å². The third kappa shape index (κ3) is 9.18. The number of halogens is 6.